The molecule has 1 heterocycles. The topological polar surface area (TPSA) is 77.0 Å². The van der Waals surface area contributed by atoms with Gasteiger partial charge in [-0.1, -0.05) is 44.4 Å². The zero-order chi connectivity index (χ0) is 19.2. The Morgan fingerprint density at radius 1 is 1.15 bits per heavy atom. The number of para-hydroxylation sites is 1. The van der Waals surface area contributed by atoms with E-state index in [0.29, 0.717) is 12.3 Å². The number of nitrogens with one attached hydrogen (secondary N) is 1. The van der Waals surface area contributed by atoms with Gasteiger partial charge in [-0.25, -0.2) is 14.6 Å². The maximum atomic E-state index is 12.5. The zero-order valence-electron chi connectivity index (χ0n) is 16.0. The van der Waals surface area contributed by atoms with E-state index >= 15 is 0 Å². The van der Waals surface area contributed by atoms with Crippen LogP contribution in [0.4, 0.5) is 10.5 Å². The van der Waals surface area contributed by atoms with Crippen LogP contribution in [-0.4, -0.2) is 30.0 Å². The molecule has 1 aromatic carbocycles. The average Bonchev–Trinajstić information content (AvgIpc) is 2.92. The SMILES string of the molecule is CCCCCCOC(=O)NC1C(C(=O)OC(C)(C)C)=Nc2ccccc21. The number of carbonyl (C=O) groups excluding carboxylic acids is 2. The van der Waals surface area contributed by atoms with E-state index in [1.165, 1.54) is 0 Å². The molecule has 1 aliphatic heterocycles. The molecule has 6 heteroatoms. The first-order valence-electron chi connectivity index (χ1n) is 9.16. The third-order valence-electron chi connectivity index (χ3n) is 3.86. The maximum absolute atomic E-state index is 12.5. The van der Waals surface area contributed by atoms with Crippen LogP contribution in [0.15, 0.2) is 29.3 Å². The highest BCUT2D eigenvalue weighted by Crippen LogP contribution is 2.34. The van der Waals surface area contributed by atoms with Gasteiger partial charge in [-0.05, 0) is 33.3 Å². The molecular weight excluding hydrogens is 332 g/mol. The number of nitrogens with zero attached hydrogens (tertiary/aromatic N) is 1. The number of benzene rings is 1. The predicted octanol–water partition coefficient (Wildman–Crippen LogP) is 4.46. The van der Waals surface area contributed by atoms with E-state index in [2.05, 4.69) is 17.2 Å². The number of rotatable bonds is 7. The number of hydrogen-bond acceptors (Lipinski definition) is 5. The number of alkyl carbamates (subject to hydrolysis) is 1. The lowest BCUT2D eigenvalue weighted by Crippen LogP contribution is -2.38. The van der Waals surface area contributed by atoms with Crippen LogP contribution in [0.2, 0.25) is 0 Å². The summed E-state index contributed by atoms with van der Waals surface area (Å²) in [4.78, 5) is 29.0. The molecule has 6 nitrogen and oxygen atoms in total. The van der Waals surface area contributed by atoms with Crippen LogP contribution in [0.5, 0.6) is 0 Å². The Morgan fingerprint density at radius 2 is 1.88 bits per heavy atom. The Bertz CT molecular complexity index is 677. The van der Waals surface area contributed by atoms with E-state index in [1.54, 1.807) is 26.8 Å². The van der Waals surface area contributed by atoms with Crippen molar-refractivity contribution in [3.05, 3.63) is 29.8 Å². The van der Waals surface area contributed by atoms with E-state index in [9.17, 15) is 9.59 Å². The number of carbonyl (C=O) groups is 2. The Morgan fingerprint density at radius 3 is 2.58 bits per heavy atom. The van der Waals surface area contributed by atoms with Crippen LogP contribution >= 0.6 is 0 Å². The molecule has 0 saturated heterocycles. The summed E-state index contributed by atoms with van der Waals surface area (Å²) < 4.78 is 10.7. The normalized spacial score (nSPS) is 15.8. The van der Waals surface area contributed by atoms with E-state index in [0.717, 1.165) is 31.2 Å². The summed E-state index contributed by atoms with van der Waals surface area (Å²) in [5.41, 5.74) is 0.945. The van der Waals surface area contributed by atoms with E-state index in [4.69, 9.17) is 9.47 Å². The Kier molecular flexibility index (Phi) is 6.77. The fourth-order valence-corrected chi connectivity index (χ4v) is 2.67. The molecule has 0 saturated carbocycles. The first kappa shape index (κ1) is 19.9. The van der Waals surface area contributed by atoms with Crippen LogP contribution in [-0.2, 0) is 14.3 Å². The molecule has 1 atom stereocenters. The van der Waals surface area contributed by atoms with Crippen molar-refractivity contribution in [3.8, 4) is 0 Å². The highest BCUT2D eigenvalue weighted by atomic mass is 16.6. The van der Waals surface area contributed by atoms with Gasteiger partial charge >= 0.3 is 12.1 Å². The second-order valence-corrected chi connectivity index (χ2v) is 7.33. The summed E-state index contributed by atoms with van der Waals surface area (Å²) in [6.07, 6.45) is 3.55. The molecule has 0 aliphatic carbocycles. The van der Waals surface area contributed by atoms with Gasteiger partial charge in [-0.3, -0.25) is 0 Å². The minimum absolute atomic E-state index is 0.170. The van der Waals surface area contributed by atoms with Gasteiger partial charge in [0, 0.05) is 5.56 Å². The molecular formula is C20H28N2O4. The molecule has 0 radical (unpaired) electrons. The molecule has 26 heavy (non-hydrogen) atoms. The number of unbranched alkanes of at least 4 members (excludes halogenated alkanes) is 3. The molecule has 1 N–H and O–H groups in total. The van der Waals surface area contributed by atoms with E-state index in [1.807, 2.05) is 18.2 Å². The standard InChI is InChI=1S/C20H28N2O4/c1-5-6-7-10-13-25-19(24)22-16-14-11-8-9-12-15(14)21-17(16)18(23)26-20(2,3)4/h8-9,11-12,16H,5-7,10,13H2,1-4H3,(H,22,24). The minimum Gasteiger partial charge on any atom is -0.455 e. The van der Waals surface area contributed by atoms with Crippen molar-refractivity contribution < 1.29 is 19.1 Å². The molecule has 1 unspecified atom stereocenters. The van der Waals surface area contributed by atoms with Gasteiger partial charge < -0.3 is 14.8 Å². The highest BCUT2D eigenvalue weighted by Gasteiger charge is 2.35. The van der Waals surface area contributed by atoms with Gasteiger partial charge in [0.1, 0.15) is 11.6 Å². The predicted molar refractivity (Wildman–Crippen MR) is 101 cm³/mol. The molecule has 0 aromatic heterocycles. The fraction of sp³-hybridized carbons (Fsp3) is 0.550. The van der Waals surface area contributed by atoms with Crippen LogP contribution in [0.3, 0.4) is 0 Å². The summed E-state index contributed by atoms with van der Waals surface area (Å²) in [7, 11) is 0. The van der Waals surface area contributed by atoms with Crippen LogP contribution in [0.25, 0.3) is 0 Å². The lowest BCUT2D eigenvalue weighted by Gasteiger charge is -2.22. The van der Waals surface area contributed by atoms with Gasteiger partial charge in [-0.2, -0.15) is 0 Å². The molecule has 142 valence electrons. The number of fused-ring (bicyclic) bond motifs is 1. The van der Waals surface area contributed by atoms with Crippen molar-refractivity contribution in [2.75, 3.05) is 6.61 Å². The molecule has 0 fully saturated rings. The maximum Gasteiger partial charge on any atom is 0.407 e. The van der Waals surface area contributed by atoms with Crippen molar-refractivity contribution in [3.63, 3.8) is 0 Å². The average molecular weight is 360 g/mol. The van der Waals surface area contributed by atoms with E-state index < -0.39 is 23.7 Å². The van der Waals surface area contributed by atoms with Crippen LogP contribution in [0, 0.1) is 0 Å². The number of esters is 1. The number of hydrogen-bond donors (Lipinski definition) is 1. The summed E-state index contributed by atoms with van der Waals surface area (Å²) in [6, 6.07) is 6.66. The lowest BCUT2D eigenvalue weighted by molar-refractivity contribution is -0.146. The van der Waals surface area contributed by atoms with Crippen molar-refractivity contribution >= 4 is 23.5 Å². The zero-order valence-corrected chi connectivity index (χ0v) is 16.0. The van der Waals surface area contributed by atoms with Crippen LogP contribution < -0.4 is 5.32 Å². The molecule has 0 spiro atoms. The third kappa shape index (κ3) is 5.58. The molecule has 2 rings (SSSR count). The van der Waals surface area contributed by atoms with Gasteiger partial charge in [0.25, 0.3) is 0 Å². The quantitative estimate of drug-likeness (QED) is 0.575. The fourth-order valence-electron chi connectivity index (χ4n) is 2.67. The summed E-state index contributed by atoms with van der Waals surface area (Å²) >= 11 is 0. The number of amides is 1. The molecule has 1 aromatic rings. The monoisotopic (exact) mass is 360 g/mol. The lowest BCUT2D eigenvalue weighted by atomic mass is 10.0. The Labute approximate surface area is 155 Å². The summed E-state index contributed by atoms with van der Waals surface area (Å²) in [5.74, 6) is -0.540. The van der Waals surface area contributed by atoms with Crippen LogP contribution in [0.1, 0.15) is 65.0 Å². The molecule has 1 aliphatic rings. The minimum atomic E-state index is -0.663. The summed E-state index contributed by atoms with van der Waals surface area (Å²) in [6.45, 7) is 7.86. The first-order valence-corrected chi connectivity index (χ1v) is 9.16. The summed E-state index contributed by atoms with van der Waals surface area (Å²) in [5, 5.41) is 2.75. The van der Waals surface area contributed by atoms with Crippen molar-refractivity contribution in [2.45, 2.75) is 65.0 Å². The molecule has 1 amide bonds. The second kappa shape index (κ2) is 8.83. The largest absolute Gasteiger partial charge is 0.455 e. The Balaban J connectivity index is 2.04. The highest BCUT2D eigenvalue weighted by molar-refractivity contribution is 6.40. The Hall–Kier alpha value is -2.37. The number of aliphatic imine (C=N–C) groups is 1. The van der Waals surface area contributed by atoms with Crippen molar-refractivity contribution in [2.24, 2.45) is 4.99 Å². The van der Waals surface area contributed by atoms with Gasteiger partial charge in [0.2, 0.25) is 0 Å². The van der Waals surface area contributed by atoms with Gasteiger partial charge in [-0.15, -0.1) is 0 Å². The first-order chi connectivity index (χ1) is 12.3. The third-order valence-corrected chi connectivity index (χ3v) is 3.86. The van der Waals surface area contributed by atoms with E-state index in [-0.39, 0.29) is 5.71 Å². The number of ether oxygens (including phenoxy) is 2. The smallest absolute Gasteiger partial charge is 0.407 e. The molecule has 0 bridgehead atoms. The van der Waals surface area contributed by atoms with Crippen molar-refractivity contribution in [1.29, 1.82) is 0 Å². The van der Waals surface area contributed by atoms with Gasteiger partial charge in [0.15, 0.2) is 5.71 Å². The second-order valence-electron chi connectivity index (χ2n) is 7.33. The van der Waals surface area contributed by atoms with Crippen molar-refractivity contribution in [1.82, 2.24) is 5.32 Å². The van der Waals surface area contributed by atoms with Gasteiger partial charge in [0.05, 0.1) is 12.3 Å².